The summed E-state index contributed by atoms with van der Waals surface area (Å²) >= 11 is 0. The molecule has 1 heterocycles. The van der Waals surface area contributed by atoms with Gasteiger partial charge in [0.2, 0.25) is 5.91 Å². The molecule has 0 fully saturated rings. The van der Waals surface area contributed by atoms with Gasteiger partial charge in [-0.2, -0.15) is 0 Å². The predicted octanol–water partition coefficient (Wildman–Crippen LogP) is 3.89. The summed E-state index contributed by atoms with van der Waals surface area (Å²) in [5.74, 6) is -0.263. The Kier molecular flexibility index (Phi) is 4.71. The summed E-state index contributed by atoms with van der Waals surface area (Å²) in [6, 6.07) is 26.1. The molecule has 0 radical (unpaired) electrons. The van der Waals surface area contributed by atoms with Crippen LogP contribution in [0.15, 0.2) is 84.9 Å². The Morgan fingerprint density at radius 3 is 2.22 bits per heavy atom. The number of fused-ring (bicyclic) bond motifs is 1. The molecule has 27 heavy (non-hydrogen) atoms. The average molecular weight is 356 g/mol. The van der Waals surface area contributed by atoms with Gasteiger partial charge in [0.05, 0.1) is 0 Å². The van der Waals surface area contributed by atoms with Crippen LogP contribution >= 0.6 is 0 Å². The minimum absolute atomic E-state index is 0.0882. The molecule has 0 spiro atoms. The van der Waals surface area contributed by atoms with E-state index >= 15 is 0 Å². The molecule has 134 valence electrons. The quantitative estimate of drug-likeness (QED) is 0.754. The van der Waals surface area contributed by atoms with Gasteiger partial charge in [-0.05, 0) is 29.3 Å². The van der Waals surface area contributed by atoms with Crippen LogP contribution in [0.25, 0.3) is 0 Å². The number of carbonyl (C=O) groups is 2. The van der Waals surface area contributed by atoms with Crippen molar-refractivity contribution in [3.05, 3.63) is 102 Å². The first-order valence-corrected chi connectivity index (χ1v) is 9.01. The predicted molar refractivity (Wildman–Crippen MR) is 105 cm³/mol. The van der Waals surface area contributed by atoms with Crippen LogP contribution in [0.5, 0.6) is 0 Å². The first-order valence-electron chi connectivity index (χ1n) is 9.01. The van der Waals surface area contributed by atoms with E-state index in [0.717, 1.165) is 16.8 Å². The van der Waals surface area contributed by atoms with Gasteiger partial charge in [-0.15, -0.1) is 0 Å². The van der Waals surface area contributed by atoms with Gasteiger partial charge < -0.3 is 10.2 Å². The molecule has 2 amide bonds. The average Bonchev–Trinajstić information content (AvgIpc) is 3.04. The van der Waals surface area contributed by atoms with Crippen molar-refractivity contribution in [1.82, 2.24) is 4.90 Å². The highest BCUT2D eigenvalue weighted by Crippen LogP contribution is 2.26. The lowest BCUT2D eigenvalue weighted by molar-refractivity contribution is -0.120. The van der Waals surface area contributed by atoms with Gasteiger partial charge in [0.25, 0.3) is 5.91 Å². The monoisotopic (exact) mass is 356 g/mol. The minimum Gasteiger partial charge on any atom is -0.324 e. The van der Waals surface area contributed by atoms with Crippen molar-refractivity contribution in [1.29, 1.82) is 0 Å². The molecule has 1 aliphatic heterocycles. The second kappa shape index (κ2) is 7.46. The molecule has 1 N–H and O–H groups in total. The van der Waals surface area contributed by atoms with E-state index in [9.17, 15) is 9.59 Å². The largest absolute Gasteiger partial charge is 0.324 e. The van der Waals surface area contributed by atoms with Gasteiger partial charge in [0, 0.05) is 24.2 Å². The molecule has 4 nitrogen and oxygen atoms in total. The summed E-state index contributed by atoms with van der Waals surface area (Å²) in [7, 11) is 0. The molecular weight excluding hydrogens is 336 g/mol. The van der Waals surface area contributed by atoms with Gasteiger partial charge in [-0.3, -0.25) is 9.59 Å². The lowest BCUT2D eigenvalue weighted by atomic mass is 10.0. The van der Waals surface area contributed by atoms with Crippen molar-refractivity contribution in [2.75, 3.05) is 5.32 Å². The number of rotatable bonds is 5. The highest BCUT2D eigenvalue weighted by Gasteiger charge is 2.36. The molecule has 0 saturated heterocycles. The molecule has 0 saturated carbocycles. The van der Waals surface area contributed by atoms with Gasteiger partial charge in [0.1, 0.15) is 6.04 Å². The van der Waals surface area contributed by atoms with Crippen LogP contribution in [-0.2, 0) is 17.8 Å². The lowest BCUT2D eigenvalue weighted by Gasteiger charge is -2.27. The Hall–Kier alpha value is -3.40. The van der Waals surface area contributed by atoms with E-state index in [1.54, 1.807) is 4.90 Å². The van der Waals surface area contributed by atoms with Crippen molar-refractivity contribution in [3.8, 4) is 0 Å². The molecule has 0 unspecified atom stereocenters. The van der Waals surface area contributed by atoms with Crippen LogP contribution in [0, 0.1) is 0 Å². The van der Waals surface area contributed by atoms with E-state index < -0.39 is 6.04 Å². The van der Waals surface area contributed by atoms with E-state index in [2.05, 4.69) is 5.32 Å². The molecule has 3 aromatic carbocycles. The third-order valence-corrected chi connectivity index (χ3v) is 4.84. The van der Waals surface area contributed by atoms with Gasteiger partial charge in [0.15, 0.2) is 0 Å². The molecule has 3 aromatic rings. The van der Waals surface area contributed by atoms with Gasteiger partial charge in [-0.1, -0.05) is 66.7 Å². The molecule has 0 aliphatic carbocycles. The molecule has 1 atom stereocenters. The second-order valence-electron chi connectivity index (χ2n) is 6.65. The lowest BCUT2D eigenvalue weighted by Crippen LogP contribution is -2.45. The summed E-state index contributed by atoms with van der Waals surface area (Å²) in [6.45, 7) is 0.453. The molecule has 1 aliphatic rings. The topological polar surface area (TPSA) is 49.4 Å². The maximum Gasteiger partial charge on any atom is 0.255 e. The third-order valence-electron chi connectivity index (χ3n) is 4.84. The molecule has 0 bridgehead atoms. The summed E-state index contributed by atoms with van der Waals surface area (Å²) in [5.41, 5.74) is 3.40. The van der Waals surface area contributed by atoms with Crippen molar-refractivity contribution in [3.63, 3.8) is 0 Å². The second-order valence-corrected chi connectivity index (χ2v) is 6.65. The Labute approximate surface area is 158 Å². The summed E-state index contributed by atoms with van der Waals surface area (Å²) in [5, 5.41) is 2.95. The van der Waals surface area contributed by atoms with Crippen LogP contribution in [0.1, 0.15) is 21.5 Å². The standard InChI is InChI=1S/C23H20N2O2/c26-22(24-19-12-5-2-6-13-19)21(15-17-9-3-1-4-10-17)25-16-18-11-7-8-14-20(18)23(25)27/h1-14,21H,15-16H2,(H,24,26)/t21-/m0/s1. The normalized spacial score (nSPS) is 13.9. The van der Waals surface area contributed by atoms with Crippen LogP contribution in [-0.4, -0.2) is 22.8 Å². The zero-order valence-electron chi connectivity index (χ0n) is 14.8. The van der Waals surface area contributed by atoms with Crippen LogP contribution in [0.4, 0.5) is 5.69 Å². The number of nitrogens with zero attached hydrogens (tertiary/aromatic N) is 1. The Morgan fingerprint density at radius 1 is 0.889 bits per heavy atom. The highest BCUT2D eigenvalue weighted by atomic mass is 16.2. The van der Waals surface area contributed by atoms with Crippen molar-refractivity contribution < 1.29 is 9.59 Å². The Balaban J connectivity index is 1.62. The summed E-state index contributed by atoms with van der Waals surface area (Å²) in [6.07, 6.45) is 0.471. The van der Waals surface area contributed by atoms with Crippen LogP contribution in [0.3, 0.4) is 0 Å². The van der Waals surface area contributed by atoms with E-state index in [4.69, 9.17) is 0 Å². The fraction of sp³-hybridized carbons (Fsp3) is 0.130. The molecular formula is C23H20N2O2. The highest BCUT2D eigenvalue weighted by molar-refractivity contribution is 6.03. The van der Waals surface area contributed by atoms with Crippen molar-refractivity contribution in [2.24, 2.45) is 0 Å². The van der Waals surface area contributed by atoms with Crippen LogP contribution in [0.2, 0.25) is 0 Å². The first kappa shape index (κ1) is 17.0. The van der Waals surface area contributed by atoms with E-state index in [1.165, 1.54) is 0 Å². The smallest absolute Gasteiger partial charge is 0.255 e. The third kappa shape index (κ3) is 3.60. The van der Waals surface area contributed by atoms with Gasteiger partial charge >= 0.3 is 0 Å². The number of benzene rings is 3. The molecule has 4 rings (SSSR count). The maximum atomic E-state index is 13.1. The summed E-state index contributed by atoms with van der Waals surface area (Å²) < 4.78 is 0. The Morgan fingerprint density at radius 2 is 1.52 bits per heavy atom. The number of nitrogens with one attached hydrogen (secondary N) is 1. The number of anilines is 1. The van der Waals surface area contributed by atoms with E-state index in [-0.39, 0.29) is 11.8 Å². The minimum atomic E-state index is -0.576. The van der Waals surface area contributed by atoms with E-state index in [0.29, 0.717) is 18.5 Å². The fourth-order valence-corrected chi connectivity index (χ4v) is 3.46. The first-order chi connectivity index (χ1) is 13.2. The number of hydrogen-bond donors (Lipinski definition) is 1. The van der Waals surface area contributed by atoms with E-state index in [1.807, 2.05) is 84.9 Å². The Bertz CT molecular complexity index is 954. The zero-order chi connectivity index (χ0) is 18.6. The SMILES string of the molecule is O=C(Nc1ccccc1)[C@H](Cc1ccccc1)N1Cc2ccccc2C1=O. The number of para-hydroxylation sites is 1. The number of hydrogen-bond acceptors (Lipinski definition) is 2. The van der Waals surface area contributed by atoms with Crippen molar-refractivity contribution in [2.45, 2.75) is 19.0 Å². The maximum absolute atomic E-state index is 13.1. The zero-order valence-corrected chi connectivity index (χ0v) is 14.8. The van der Waals surface area contributed by atoms with Crippen LogP contribution < -0.4 is 5.32 Å². The number of amides is 2. The molecule has 0 aromatic heterocycles. The molecule has 4 heteroatoms. The van der Waals surface area contributed by atoms with Gasteiger partial charge in [-0.25, -0.2) is 0 Å². The number of carbonyl (C=O) groups excluding carboxylic acids is 2. The van der Waals surface area contributed by atoms with Crippen molar-refractivity contribution >= 4 is 17.5 Å². The fourth-order valence-electron chi connectivity index (χ4n) is 3.46. The summed E-state index contributed by atoms with van der Waals surface area (Å²) in [4.78, 5) is 27.7.